The van der Waals surface area contributed by atoms with E-state index in [0.717, 1.165) is 21.7 Å². The average Bonchev–Trinajstić information content (AvgIpc) is 3.20. The molecule has 144 valence electrons. The maximum atomic E-state index is 12.6. The minimum Gasteiger partial charge on any atom is -0.355 e. The van der Waals surface area contributed by atoms with Crippen molar-refractivity contribution < 1.29 is 4.79 Å². The van der Waals surface area contributed by atoms with Gasteiger partial charge in [0.2, 0.25) is 5.91 Å². The highest BCUT2D eigenvalue weighted by Crippen LogP contribution is 2.35. The number of fused-ring (bicyclic) bond motifs is 1. The molecule has 0 bridgehead atoms. The predicted octanol–water partition coefficient (Wildman–Crippen LogP) is 4.42. The van der Waals surface area contributed by atoms with Crippen molar-refractivity contribution in [1.29, 1.82) is 0 Å². The second kappa shape index (κ2) is 9.03. The summed E-state index contributed by atoms with van der Waals surface area (Å²) in [6, 6.07) is 4.10. The Hall–Kier alpha value is -1.64. The van der Waals surface area contributed by atoms with Crippen LogP contribution in [-0.4, -0.2) is 28.2 Å². The first-order valence-corrected chi connectivity index (χ1v) is 11.7. The Morgan fingerprint density at radius 2 is 2.19 bits per heavy atom. The van der Waals surface area contributed by atoms with Crippen LogP contribution < -0.4 is 10.9 Å². The van der Waals surface area contributed by atoms with E-state index < -0.39 is 0 Å². The van der Waals surface area contributed by atoms with E-state index in [2.05, 4.69) is 42.1 Å². The molecule has 3 heterocycles. The second-order valence-corrected chi connectivity index (χ2v) is 9.91. The summed E-state index contributed by atoms with van der Waals surface area (Å²) < 4.78 is 0. The van der Waals surface area contributed by atoms with Crippen molar-refractivity contribution >= 4 is 50.6 Å². The van der Waals surface area contributed by atoms with Gasteiger partial charge in [-0.25, -0.2) is 4.98 Å². The van der Waals surface area contributed by atoms with Crippen LogP contribution in [0.15, 0.2) is 22.3 Å². The van der Waals surface area contributed by atoms with E-state index in [9.17, 15) is 9.59 Å². The Morgan fingerprint density at radius 1 is 1.37 bits per heavy atom. The number of carbonyl (C=O) groups excluding carboxylic acids is 1. The Kier molecular flexibility index (Phi) is 6.73. The van der Waals surface area contributed by atoms with E-state index in [-0.39, 0.29) is 11.5 Å². The van der Waals surface area contributed by atoms with Gasteiger partial charge in [0.15, 0.2) is 0 Å². The third kappa shape index (κ3) is 5.21. The molecule has 0 aromatic carbocycles. The van der Waals surface area contributed by atoms with Crippen molar-refractivity contribution in [3.8, 4) is 10.4 Å². The number of aromatic nitrogens is 2. The molecule has 0 radical (unpaired) electrons. The maximum Gasteiger partial charge on any atom is 0.260 e. The summed E-state index contributed by atoms with van der Waals surface area (Å²) >= 11 is 4.62. The van der Waals surface area contributed by atoms with Crippen molar-refractivity contribution in [2.24, 2.45) is 5.92 Å². The molecule has 0 unspecified atom stereocenters. The number of nitrogens with one attached hydrogen (secondary N) is 2. The highest BCUT2D eigenvalue weighted by Gasteiger charge is 2.14. The van der Waals surface area contributed by atoms with Crippen LogP contribution >= 0.6 is 34.4 Å². The molecule has 3 aromatic rings. The van der Waals surface area contributed by atoms with Crippen LogP contribution in [0.2, 0.25) is 0 Å². The van der Waals surface area contributed by atoms with Crippen LogP contribution in [0.3, 0.4) is 0 Å². The molecule has 2 N–H and O–H groups in total. The van der Waals surface area contributed by atoms with E-state index in [1.807, 2.05) is 11.4 Å². The topological polar surface area (TPSA) is 74.8 Å². The van der Waals surface area contributed by atoms with E-state index in [1.54, 1.807) is 11.3 Å². The van der Waals surface area contributed by atoms with Crippen LogP contribution in [0, 0.1) is 12.8 Å². The fourth-order valence-corrected chi connectivity index (χ4v) is 5.26. The normalized spacial score (nSPS) is 11.4. The molecule has 5 nitrogen and oxygen atoms in total. The Labute approximate surface area is 170 Å². The van der Waals surface area contributed by atoms with E-state index in [1.165, 1.54) is 28.0 Å². The smallest absolute Gasteiger partial charge is 0.260 e. The van der Waals surface area contributed by atoms with Gasteiger partial charge in [0.1, 0.15) is 10.7 Å². The fourth-order valence-electron chi connectivity index (χ4n) is 2.61. The van der Waals surface area contributed by atoms with Gasteiger partial charge >= 0.3 is 0 Å². The van der Waals surface area contributed by atoms with Crippen molar-refractivity contribution in [2.75, 3.05) is 12.3 Å². The molecule has 0 aliphatic carbocycles. The lowest BCUT2D eigenvalue weighted by Crippen LogP contribution is -2.27. The molecule has 0 fully saturated rings. The van der Waals surface area contributed by atoms with Gasteiger partial charge in [-0.2, -0.15) is 0 Å². The Balaban J connectivity index is 1.64. The zero-order valence-corrected chi connectivity index (χ0v) is 18.1. The summed E-state index contributed by atoms with van der Waals surface area (Å²) in [6.45, 7) is 7.03. The molecule has 0 aliphatic rings. The van der Waals surface area contributed by atoms with Crippen molar-refractivity contribution in [1.82, 2.24) is 15.3 Å². The van der Waals surface area contributed by atoms with Crippen LogP contribution in [-0.2, 0) is 10.5 Å². The number of nitrogens with zero attached hydrogens (tertiary/aromatic N) is 1. The van der Waals surface area contributed by atoms with Crippen LogP contribution in [0.5, 0.6) is 0 Å². The summed E-state index contributed by atoms with van der Waals surface area (Å²) in [5.74, 6) is 2.09. The van der Waals surface area contributed by atoms with E-state index in [4.69, 9.17) is 0 Å². The molecular formula is C19H23N3O2S3. The monoisotopic (exact) mass is 421 g/mol. The SMILES string of the molecule is Cc1ccc(-c2csc3nc(CSCC(=O)NCCC(C)C)[nH]c(=O)c23)s1. The zero-order valence-electron chi connectivity index (χ0n) is 15.6. The standard InChI is InChI=1S/C19H23N3O2S3/c1-11(2)6-7-20-16(23)10-25-9-15-21-18(24)17-13(8-26-19(17)22-15)14-5-4-12(3)27-14/h4-5,8,11H,6-7,9-10H2,1-3H3,(H,20,23)(H,21,22,24). The van der Waals surface area contributed by atoms with Gasteiger partial charge in [0, 0.05) is 27.2 Å². The quantitative estimate of drug-likeness (QED) is 0.565. The minimum absolute atomic E-state index is 0.0237. The molecule has 0 saturated heterocycles. The minimum atomic E-state index is -0.112. The molecule has 0 saturated carbocycles. The molecular weight excluding hydrogens is 398 g/mol. The number of rotatable bonds is 8. The zero-order chi connectivity index (χ0) is 19.4. The Morgan fingerprint density at radius 3 is 2.89 bits per heavy atom. The molecule has 0 spiro atoms. The first-order valence-electron chi connectivity index (χ1n) is 8.85. The van der Waals surface area contributed by atoms with Crippen LogP contribution in [0.1, 0.15) is 31.0 Å². The second-order valence-electron chi connectivity index (χ2n) is 6.78. The highest BCUT2D eigenvalue weighted by atomic mass is 32.2. The number of aromatic amines is 1. The molecule has 27 heavy (non-hydrogen) atoms. The summed E-state index contributed by atoms with van der Waals surface area (Å²) in [5, 5.41) is 5.57. The molecule has 3 rings (SSSR count). The third-order valence-corrected chi connectivity index (χ3v) is 6.86. The van der Waals surface area contributed by atoms with Gasteiger partial charge in [-0.3, -0.25) is 9.59 Å². The average molecular weight is 422 g/mol. The summed E-state index contributed by atoms with van der Waals surface area (Å²) in [4.78, 5) is 34.9. The van der Waals surface area contributed by atoms with Gasteiger partial charge < -0.3 is 10.3 Å². The number of aryl methyl sites for hydroxylation is 1. The van der Waals surface area contributed by atoms with Gasteiger partial charge in [-0.1, -0.05) is 13.8 Å². The largest absolute Gasteiger partial charge is 0.355 e. The molecule has 0 aliphatic heterocycles. The lowest BCUT2D eigenvalue weighted by Gasteiger charge is -2.07. The summed E-state index contributed by atoms with van der Waals surface area (Å²) in [7, 11) is 0. The van der Waals surface area contributed by atoms with E-state index >= 15 is 0 Å². The van der Waals surface area contributed by atoms with E-state index in [0.29, 0.717) is 35.2 Å². The fraction of sp³-hybridized carbons (Fsp3) is 0.421. The van der Waals surface area contributed by atoms with Crippen LogP contribution in [0.4, 0.5) is 0 Å². The first-order chi connectivity index (χ1) is 12.9. The number of thioether (sulfide) groups is 1. The van der Waals surface area contributed by atoms with Crippen molar-refractivity contribution in [3.63, 3.8) is 0 Å². The molecule has 8 heteroatoms. The number of thiophene rings is 2. The van der Waals surface area contributed by atoms with Crippen LogP contribution in [0.25, 0.3) is 20.7 Å². The van der Waals surface area contributed by atoms with Gasteiger partial charge in [0.25, 0.3) is 5.56 Å². The summed E-state index contributed by atoms with van der Waals surface area (Å²) in [5.41, 5.74) is 0.838. The number of H-pyrrole nitrogens is 1. The van der Waals surface area contributed by atoms with Gasteiger partial charge in [0.05, 0.1) is 16.9 Å². The number of amides is 1. The number of carbonyl (C=O) groups is 1. The van der Waals surface area contributed by atoms with Gasteiger partial charge in [-0.15, -0.1) is 34.4 Å². The van der Waals surface area contributed by atoms with Crippen molar-refractivity contribution in [3.05, 3.63) is 38.6 Å². The lowest BCUT2D eigenvalue weighted by atomic mass is 10.1. The maximum absolute atomic E-state index is 12.6. The number of hydrogen-bond donors (Lipinski definition) is 2. The molecule has 0 atom stereocenters. The molecule has 1 amide bonds. The number of hydrogen-bond acceptors (Lipinski definition) is 6. The van der Waals surface area contributed by atoms with Gasteiger partial charge in [-0.05, 0) is 31.4 Å². The Bertz CT molecular complexity index is 988. The first kappa shape index (κ1) is 20.1. The highest BCUT2D eigenvalue weighted by molar-refractivity contribution is 7.99. The molecule has 3 aromatic heterocycles. The lowest BCUT2D eigenvalue weighted by molar-refractivity contribution is -0.118. The summed E-state index contributed by atoms with van der Waals surface area (Å²) in [6.07, 6.45) is 0.979. The predicted molar refractivity (Wildman–Crippen MR) is 117 cm³/mol. The third-order valence-electron chi connectivity index (χ3n) is 4.01. The van der Waals surface area contributed by atoms with Crippen molar-refractivity contribution in [2.45, 2.75) is 32.9 Å².